The highest BCUT2D eigenvalue weighted by atomic mass is 16.3. The fourth-order valence-corrected chi connectivity index (χ4v) is 2.20. The van der Waals surface area contributed by atoms with Gasteiger partial charge in [-0.2, -0.15) is 0 Å². The molecule has 3 nitrogen and oxygen atoms in total. The summed E-state index contributed by atoms with van der Waals surface area (Å²) in [4.78, 5) is 4.28. The molecule has 1 rings (SSSR count). The van der Waals surface area contributed by atoms with Crippen LogP contribution in [0.15, 0.2) is 6.07 Å². The number of aromatic nitrogens is 1. The van der Waals surface area contributed by atoms with Crippen LogP contribution in [0.1, 0.15) is 42.5 Å². The average Bonchev–Trinajstić information content (AvgIpc) is 2.14. The van der Waals surface area contributed by atoms with Crippen LogP contribution >= 0.6 is 0 Å². The van der Waals surface area contributed by atoms with Gasteiger partial charge in [-0.1, -0.05) is 6.92 Å². The Kier molecular flexibility index (Phi) is 4.09. The Balaban J connectivity index is 3.11. The van der Waals surface area contributed by atoms with Gasteiger partial charge in [-0.05, 0) is 49.8 Å². The van der Waals surface area contributed by atoms with Crippen molar-refractivity contribution in [3.05, 3.63) is 22.9 Å². The molecule has 3 heteroatoms. The summed E-state index contributed by atoms with van der Waals surface area (Å²) in [5.41, 5.74) is 9.11. The average molecular weight is 208 g/mol. The van der Waals surface area contributed by atoms with E-state index in [1.54, 1.807) is 0 Å². The molecule has 1 atom stereocenters. The summed E-state index contributed by atoms with van der Waals surface area (Å²) in [5.74, 6) is 0.968. The van der Waals surface area contributed by atoms with E-state index in [0.29, 0.717) is 11.7 Å². The molecule has 0 bridgehead atoms. The number of nitrogen functional groups attached to an aromatic ring is 1. The molecule has 1 unspecified atom stereocenters. The smallest absolute Gasteiger partial charge is 0.123 e. The SMILES string of the molecule is CCC(CCO)c1c(C)cc(N)nc1C. The third-order valence-electron chi connectivity index (χ3n) is 2.85. The van der Waals surface area contributed by atoms with Gasteiger partial charge >= 0.3 is 0 Å². The van der Waals surface area contributed by atoms with E-state index in [9.17, 15) is 0 Å². The lowest BCUT2D eigenvalue weighted by atomic mass is 9.89. The molecular formula is C12H20N2O. The number of aryl methyl sites for hydroxylation is 2. The molecule has 0 aliphatic heterocycles. The first kappa shape index (κ1) is 12.0. The van der Waals surface area contributed by atoms with Gasteiger partial charge in [0, 0.05) is 12.3 Å². The van der Waals surface area contributed by atoms with E-state index in [4.69, 9.17) is 10.8 Å². The first-order chi connectivity index (χ1) is 7.10. The van der Waals surface area contributed by atoms with Crippen molar-refractivity contribution in [2.75, 3.05) is 12.3 Å². The van der Waals surface area contributed by atoms with E-state index in [0.717, 1.165) is 18.5 Å². The third-order valence-corrected chi connectivity index (χ3v) is 2.85. The van der Waals surface area contributed by atoms with Crippen molar-refractivity contribution < 1.29 is 5.11 Å². The lowest BCUT2D eigenvalue weighted by molar-refractivity contribution is 0.273. The Labute approximate surface area is 91.3 Å². The van der Waals surface area contributed by atoms with Crippen LogP contribution in [0.5, 0.6) is 0 Å². The van der Waals surface area contributed by atoms with E-state index in [-0.39, 0.29) is 6.61 Å². The lowest BCUT2D eigenvalue weighted by Gasteiger charge is -2.19. The monoisotopic (exact) mass is 208 g/mol. The molecule has 0 spiro atoms. The van der Waals surface area contributed by atoms with Gasteiger partial charge < -0.3 is 10.8 Å². The van der Waals surface area contributed by atoms with Crippen LogP contribution in [0.2, 0.25) is 0 Å². The fraction of sp³-hybridized carbons (Fsp3) is 0.583. The van der Waals surface area contributed by atoms with Gasteiger partial charge in [-0.3, -0.25) is 0 Å². The lowest BCUT2D eigenvalue weighted by Crippen LogP contribution is -2.08. The predicted molar refractivity (Wildman–Crippen MR) is 62.9 cm³/mol. The van der Waals surface area contributed by atoms with E-state index in [2.05, 4.69) is 18.8 Å². The van der Waals surface area contributed by atoms with Crippen molar-refractivity contribution in [2.24, 2.45) is 0 Å². The minimum atomic E-state index is 0.224. The summed E-state index contributed by atoms with van der Waals surface area (Å²) in [7, 11) is 0. The Bertz CT molecular complexity index is 313. The number of rotatable bonds is 4. The van der Waals surface area contributed by atoms with Crippen LogP contribution in [0.3, 0.4) is 0 Å². The minimum Gasteiger partial charge on any atom is -0.396 e. The molecule has 15 heavy (non-hydrogen) atoms. The second kappa shape index (κ2) is 5.12. The highest BCUT2D eigenvalue weighted by Crippen LogP contribution is 2.28. The molecule has 1 aromatic rings. The maximum absolute atomic E-state index is 9.02. The number of aliphatic hydroxyl groups excluding tert-OH is 1. The molecule has 0 aliphatic rings. The Morgan fingerprint density at radius 2 is 2.13 bits per heavy atom. The summed E-state index contributed by atoms with van der Waals surface area (Å²) < 4.78 is 0. The van der Waals surface area contributed by atoms with E-state index < -0.39 is 0 Å². The maximum atomic E-state index is 9.02. The predicted octanol–water partition coefficient (Wildman–Crippen LogP) is 2.16. The minimum absolute atomic E-state index is 0.224. The number of nitrogens with zero attached hydrogens (tertiary/aromatic N) is 1. The summed E-state index contributed by atoms with van der Waals surface area (Å²) in [5, 5.41) is 9.02. The number of aliphatic hydroxyl groups is 1. The molecule has 0 aromatic carbocycles. The van der Waals surface area contributed by atoms with Gasteiger partial charge in [0.25, 0.3) is 0 Å². The van der Waals surface area contributed by atoms with Gasteiger partial charge in [0.15, 0.2) is 0 Å². The van der Waals surface area contributed by atoms with Gasteiger partial charge in [0.2, 0.25) is 0 Å². The largest absolute Gasteiger partial charge is 0.396 e. The van der Waals surface area contributed by atoms with Crippen molar-refractivity contribution in [3.63, 3.8) is 0 Å². The second-order valence-electron chi connectivity index (χ2n) is 3.98. The summed E-state index contributed by atoms with van der Waals surface area (Å²) in [6, 6.07) is 1.91. The first-order valence-corrected chi connectivity index (χ1v) is 5.44. The van der Waals surface area contributed by atoms with Crippen molar-refractivity contribution >= 4 is 5.82 Å². The van der Waals surface area contributed by atoms with E-state index in [1.807, 2.05) is 13.0 Å². The zero-order valence-corrected chi connectivity index (χ0v) is 9.75. The van der Waals surface area contributed by atoms with Crippen LogP contribution < -0.4 is 5.73 Å². The summed E-state index contributed by atoms with van der Waals surface area (Å²) in [6.07, 6.45) is 1.82. The van der Waals surface area contributed by atoms with Gasteiger partial charge in [-0.25, -0.2) is 4.98 Å². The zero-order chi connectivity index (χ0) is 11.4. The first-order valence-electron chi connectivity index (χ1n) is 5.44. The van der Waals surface area contributed by atoms with Crippen molar-refractivity contribution in [1.29, 1.82) is 0 Å². The molecule has 1 heterocycles. The summed E-state index contributed by atoms with van der Waals surface area (Å²) >= 11 is 0. The molecule has 0 amide bonds. The number of hydrogen-bond donors (Lipinski definition) is 2. The van der Waals surface area contributed by atoms with Gasteiger partial charge in [0.1, 0.15) is 5.82 Å². The normalized spacial score (nSPS) is 12.8. The highest BCUT2D eigenvalue weighted by Gasteiger charge is 2.15. The molecule has 3 N–H and O–H groups in total. The van der Waals surface area contributed by atoms with E-state index >= 15 is 0 Å². The highest BCUT2D eigenvalue weighted by molar-refractivity contribution is 5.42. The summed E-state index contributed by atoms with van der Waals surface area (Å²) in [6.45, 7) is 6.40. The van der Waals surface area contributed by atoms with Crippen LogP contribution in [0.25, 0.3) is 0 Å². The number of pyridine rings is 1. The molecule has 84 valence electrons. The van der Waals surface area contributed by atoms with Gasteiger partial charge in [0.05, 0.1) is 0 Å². The molecule has 1 aromatic heterocycles. The number of anilines is 1. The molecule has 0 saturated carbocycles. The van der Waals surface area contributed by atoms with Crippen LogP contribution in [0, 0.1) is 13.8 Å². The molecule has 0 radical (unpaired) electrons. The van der Waals surface area contributed by atoms with Crippen molar-refractivity contribution in [3.8, 4) is 0 Å². The standard InChI is InChI=1S/C12H20N2O/c1-4-10(5-6-15)12-8(2)7-11(13)14-9(12)3/h7,10,15H,4-6H2,1-3H3,(H2,13,14). The maximum Gasteiger partial charge on any atom is 0.123 e. The molecular weight excluding hydrogens is 188 g/mol. The van der Waals surface area contributed by atoms with Crippen LogP contribution in [0.4, 0.5) is 5.82 Å². The topological polar surface area (TPSA) is 59.1 Å². The Morgan fingerprint density at radius 1 is 1.47 bits per heavy atom. The zero-order valence-electron chi connectivity index (χ0n) is 9.75. The molecule has 0 saturated heterocycles. The Morgan fingerprint density at radius 3 is 2.60 bits per heavy atom. The van der Waals surface area contributed by atoms with Crippen LogP contribution in [-0.2, 0) is 0 Å². The molecule has 0 fully saturated rings. The number of nitrogens with two attached hydrogens (primary N) is 1. The fourth-order valence-electron chi connectivity index (χ4n) is 2.20. The van der Waals surface area contributed by atoms with Gasteiger partial charge in [-0.15, -0.1) is 0 Å². The van der Waals surface area contributed by atoms with Crippen LogP contribution in [-0.4, -0.2) is 16.7 Å². The van der Waals surface area contributed by atoms with Crippen molar-refractivity contribution in [2.45, 2.75) is 39.5 Å². The number of hydrogen-bond acceptors (Lipinski definition) is 3. The van der Waals surface area contributed by atoms with E-state index in [1.165, 1.54) is 11.1 Å². The Hall–Kier alpha value is -1.09. The second-order valence-corrected chi connectivity index (χ2v) is 3.98. The molecule has 0 aliphatic carbocycles. The van der Waals surface area contributed by atoms with Crippen molar-refractivity contribution in [1.82, 2.24) is 4.98 Å². The quantitative estimate of drug-likeness (QED) is 0.797. The third kappa shape index (κ3) is 2.69.